The van der Waals surface area contributed by atoms with Gasteiger partial charge in [-0.15, -0.1) is 0 Å². The minimum Gasteiger partial charge on any atom is -0.338 e. The van der Waals surface area contributed by atoms with Crippen LogP contribution in [0.3, 0.4) is 0 Å². The first kappa shape index (κ1) is 10.7. The number of nitrogens with zero attached hydrogens (tertiary/aromatic N) is 1. The van der Waals surface area contributed by atoms with Gasteiger partial charge in [0.25, 0.3) is 0 Å². The van der Waals surface area contributed by atoms with E-state index in [0.717, 1.165) is 0 Å². The maximum absolute atomic E-state index is 3.62. The molecule has 1 aromatic heterocycles. The Bertz CT molecular complexity index is 509. The van der Waals surface area contributed by atoms with Crippen molar-refractivity contribution in [1.29, 1.82) is 0 Å². The molecule has 15 heavy (non-hydrogen) atoms. The van der Waals surface area contributed by atoms with Gasteiger partial charge in [0.1, 0.15) is 0 Å². The van der Waals surface area contributed by atoms with Crippen molar-refractivity contribution in [2.45, 2.75) is 26.7 Å². The van der Waals surface area contributed by atoms with E-state index in [-0.39, 0.29) is 0 Å². The molecule has 0 unspecified atom stereocenters. The maximum Gasteiger partial charge on any atom is 0.0884 e. The van der Waals surface area contributed by atoms with E-state index < -0.39 is 0 Å². The topological polar surface area (TPSA) is 4.93 Å². The smallest absolute Gasteiger partial charge is 0.0884 e. The van der Waals surface area contributed by atoms with Gasteiger partial charge >= 0.3 is 0 Å². The van der Waals surface area contributed by atoms with Crippen molar-refractivity contribution in [1.82, 2.24) is 4.57 Å². The summed E-state index contributed by atoms with van der Waals surface area (Å²) in [5, 5.41) is 1.36. The van der Waals surface area contributed by atoms with Gasteiger partial charge in [-0.1, -0.05) is 19.9 Å². The lowest BCUT2D eigenvalue weighted by Gasteiger charge is -2.05. The van der Waals surface area contributed by atoms with Crippen molar-refractivity contribution in [3.63, 3.8) is 0 Å². The zero-order chi connectivity index (χ0) is 11.2. The molecule has 0 spiro atoms. The first-order valence-electron chi connectivity index (χ1n) is 5.26. The molecule has 0 N–H and O–H groups in total. The molecule has 1 heterocycles. The highest BCUT2D eigenvalue weighted by Crippen LogP contribution is 2.30. The fourth-order valence-corrected chi connectivity index (χ4v) is 2.38. The van der Waals surface area contributed by atoms with Crippen molar-refractivity contribution in [3.05, 3.63) is 33.9 Å². The molecule has 0 saturated heterocycles. The van der Waals surface area contributed by atoms with Crippen LogP contribution in [0, 0.1) is 6.92 Å². The van der Waals surface area contributed by atoms with E-state index in [1.54, 1.807) is 0 Å². The van der Waals surface area contributed by atoms with Gasteiger partial charge < -0.3 is 4.57 Å². The highest BCUT2D eigenvalue weighted by Gasteiger charge is 2.10. The molecule has 0 saturated carbocycles. The predicted octanol–water partition coefficient (Wildman–Crippen LogP) is 4.37. The van der Waals surface area contributed by atoms with Crippen LogP contribution in [-0.2, 0) is 7.05 Å². The Morgan fingerprint density at radius 1 is 1.27 bits per heavy atom. The molecular formula is C13H16BrN. The molecule has 0 amide bonds. The number of benzene rings is 1. The third kappa shape index (κ3) is 1.61. The van der Waals surface area contributed by atoms with Crippen LogP contribution >= 0.6 is 15.9 Å². The van der Waals surface area contributed by atoms with Crippen molar-refractivity contribution in [3.8, 4) is 0 Å². The molecule has 0 aliphatic rings. The number of aryl methyl sites for hydroxylation is 2. The standard InChI is InChI=1S/C13H16BrN/c1-8(2)10-5-6-12-11(7-10)9(3)13(14)15(12)4/h5-8H,1-4H3. The predicted molar refractivity (Wildman–Crippen MR) is 69.4 cm³/mol. The summed E-state index contributed by atoms with van der Waals surface area (Å²) >= 11 is 3.62. The first-order chi connectivity index (χ1) is 7.02. The van der Waals surface area contributed by atoms with E-state index in [2.05, 4.69) is 66.5 Å². The third-order valence-electron chi connectivity index (χ3n) is 3.06. The minimum absolute atomic E-state index is 0.591. The van der Waals surface area contributed by atoms with Crippen LogP contribution in [0.15, 0.2) is 22.8 Å². The summed E-state index contributed by atoms with van der Waals surface area (Å²) in [7, 11) is 2.09. The van der Waals surface area contributed by atoms with Gasteiger partial charge in [-0.2, -0.15) is 0 Å². The van der Waals surface area contributed by atoms with Crippen molar-refractivity contribution < 1.29 is 0 Å². The molecule has 2 rings (SSSR count). The fourth-order valence-electron chi connectivity index (χ4n) is 1.97. The van der Waals surface area contributed by atoms with Crippen molar-refractivity contribution >= 4 is 26.8 Å². The summed E-state index contributed by atoms with van der Waals surface area (Å²) in [6, 6.07) is 6.74. The van der Waals surface area contributed by atoms with E-state index in [9.17, 15) is 0 Å². The lowest BCUT2D eigenvalue weighted by atomic mass is 10.0. The number of rotatable bonds is 1. The van der Waals surface area contributed by atoms with Crippen molar-refractivity contribution in [2.24, 2.45) is 7.05 Å². The van der Waals surface area contributed by atoms with Gasteiger partial charge in [0.15, 0.2) is 0 Å². The molecule has 1 aromatic carbocycles. The SMILES string of the molecule is Cc1c(Br)n(C)c2ccc(C(C)C)cc12. The lowest BCUT2D eigenvalue weighted by Crippen LogP contribution is -1.89. The summed E-state index contributed by atoms with van der Waals surface area (Å²) < 4.78 is 3.37. The van der Waals surface area contributed by atoms with Gasteiger partial charge in [-0.25, -0.2) is 0 Å². The molecule has 2 aromatic rings. The van der Waals surface area contributed by atoms with Crippen LogP contribution in [0.5, 0.6) is 0 Å². The van der Waals surface area contributed by atoms with Crippen molar-refractivity contribution in [2.75, 3.05) is 0 Å². The van der Waals surface area contributed by atoms with Gasteiger partial charge in [-0.3, -0.25) is 0 Å². The maximum atomic E-state index is 3.62. The molecule has 0 aliphatic heterocycles. The van der Waals surface area contributed by atoms with Crippen LogP contribution in [0.25, 0.3) is 10.9 Å². The Morgan fingerprint density at radius 2 is 1.93 bits per heavy atom. The first-order valence-corrected chi connectivity index (χ1v) is 6.06. The zero-order valence-electron chi connectivity index (χ0n) is 9.63. The fraction of sp³-hybridized carbons (Fsp3) is 0.385. The number of halogens is 1. The summed E-state index contributed by atoms with van der Waals surface area (Å²) in [5.41, 5.74) is 4.03. The second kappa shape index (κ2) is 3.67. The lowest BCUT2D eigenvalue weighted by molar-refractivity contribution is 0.868. The average molecular weight is 266 g/mol. The highest BCUT2D eigenvalue weighted by atomic mass is 79.9. The van der Waals surface area contributed by atoms with E-state index in [1.807, 2.05) is 0 Å². The van der Waals surface area contributed by atoms with Gasteiger partial charge in [-0.05, 0) is 52.0 Å². The Hall–Kier alpha value is -0.760. The monoisotopic (exact) mass is 265 g/mol. The van der Waals surface area contributed by atoms with E-state index >= 15 is 0 Å². The molecule has 0 bridgehead atoms. The quantitative estimate of drug-likeness (QED) is 0.722. The zero-order valence-corrected chi connectivity index (χ0v) is 11.2. The largest absolute Gasteiger partial charge is 0.338 e. The Labute approximate surface area is 99.2 Å². The molecule has 0 radical (unpaired) electrons. The molecule has 0 aliphatic carbocycles. The van der Waals surface area contributed by atoms with Crippen LogP contribution < -0.4 is 0 Å². The third-order valence-corrected chi connectivity index (χ3v) is 4.18. The molecular weight excluding hydrogens is 250 g/mol. The molecule has 2 heteroatoms. The van der Waals surface area contributed by atoms with Gasteiger partial charge in [0.05, 0.1) is 4.60 Å². The average Bonchev–Trinajstić information content (AvgIpc) is 2.44. The van der Waals surface area contributed by atoms with Gasteiger partial charge in [0, 0.05) is 18.0 Å². The Balaban J connectivity index is 2.77. The summed E-state index contributed by atoms with van der Waals surface area (Å²) in [5.74, 6) is 0.591. The number of aromatic nitrogens is 1. The highest BCUT2D eigenvalue weighted by molar-refractivity contribution is 9.10. The number of fused-ring (bicyclic) bond motifs is 1. The minimum atomic E-state index is 0.591. The summed E-state index contributed by atoms with van der Waals surface area (Å²) in [6.07, 6.45) is 0. The van der Waals surface area contributed by atoms with E-state index in [0.29, 0.717) is 5.92 Å². The number of hydrogen-bond acceptors (Lipinski definition) is 0. The molecule has 0 fully saturated rings. The molecule has 80 valence electrons. The summed E-state index contributed by atoms with van der Waals surface area (Å²) in [6.45, 7) is 6.62. The Kier molecular flexibility index (Phi) is 2.63. The normalized spacial score (nSPS) is 11.6. The van der Waals surface area contributed by atoms with Gasteiger partial charge in [0.2, 0.25) is 0 Å². The summed E-state index contributed by atoms with van der Waals surface area (Å²) in [4.78, 5) is 0. The second-order valence-corrected chi connectivity index (χ2v) is 5.16. The van der Waals surface area contributed by atoms with E-state index in [4.69, 9.17) is 0 Å². The Morgan fingerprint density at radius 3 is 2.53 bits per heavy atom. The molecule has 0 atom stereocenters. The number of hydrogen-bond donors (Lipinski definition) is 0. The second-order valence-electron chi connectivity index (χ2n) is 4.41. The van der Waals surface area contributed by atoms with Crippen LogP contribution in [0.2, 0.25) is 0 Å². The van der Waals surface area contributed by atoms with E-state index in [1.165, 1.54) is 26.6 Å². The van der Waals surface area contributed by atoms with Crippen LogP contribution in [0.1, 0.15) is 30.9 Å². The van der Waals surface area contributed by atoms with Crippen LogP contribution in [0.4, 0.5) is 0 Å². The molecule has 1 nitrogen and oxygen atoms in total. The van der Waals surface area contributed by atoms with Crippen LogP contribution in [-0.4, -0.2) is 4.57 Å².